The van der Waals surface area contributed by atoms with E-state index in [1.165, 1.54) is 56.9 Å². The van der Waals surface area contributed by atoms with Crippen LogP contribution in [0.3, 0.4) is 0 Å². The lowest BCUT2D eigenvalue weighted by atomic mass is 10.1. The van der Waals surface area contributed by atoms with Crippen LogP contribution in [0.15, 0.2) is 291 Å². The summed E-state index contributed by atoms with van der Waals surface area (Å²) in [6, 6.07) is 85.5. The molecule has 16 aromatic rings. The number of esters is 8. The van der Waals surface area contributed by atoms with Gasteiger partial charge in [-0.25, -0.2) is 38.4 Å². The van der Waals surface area contributed by atoms with Crippen LogP contribution in [0.4, 0.5) is 140 Å². The molecule has 0 bridgehead atoms. The number of aromatic nitrogens is 12. The number of ether oxygens (including phenoxy) is 8. The van der Waals surface area contributed by atoms with Gasteiger partial charge in [0.25, 0.3) is 0 Å². The predicted octanol–water partition coefficient (Wildman–Crippen LogP) is 19.9. The summed E-state index contributed by atoms with van der Waals surface area (Å²) >= 11 is 0. The van der Waals surface area contributed by atoms with Gasteiger partial charge in [0.1, 0.15) is 0 Å². The van der Waals surface area contributed by atoms with E-state index in [9.17, 15) is 38.4 Å². The largest absolute Gasteiger partial charge is 0.465 e. The maximum absolute atomic E-state index is 12.3. The highest BCUT2D eigenvalue weighted by Crippen LogP contribution is 2.34. The number of aryl methyl sites for hydroxylation is 4. The number of carbonyl (C=O) groups is 8. The van der Waals surface area contributed by atoms with Gasteiger partial charge in [-0.15, -0.1) is 0 Å². The first-order valence-corrected chi connectivity index (χ1v) is 43.8. The Morgan fingerprint density at radius 1 is 0.167 bits per heavy atom. The number of anilines is 24. The molecular formula is C104H96N24O16. The minimum atomic E-state index is -0.504. The fraction of sp³-hybridized carbons (Fsp3) is 0.115. The molecule has 0 fully saturated rings. The van der Waals surface area contributed by atoms with E-state index in [-0.39, 0.29) is 71.4 Å². The number of rotatable bonds is 32. The van der Waals surface area contributed by atoms with Crippen LogP contribution in [0.25, 0.3) is 0 Å². The number of nitrogens with zero attached hydrogens (tertiary/aromatic N) is 12. The predicted molar refractivity (Wildman–Crippen MR) is 546 cm³/mol. The van der Waals surface area contributed by atoms with Crippen LogP contribution in [0.5, 0.6) is 0 Å². The molecule has 4 aromatic heterocycles. The number of hydrogen-bond donors (Lipinski definition) is 12. The first kappa shape index (κ1) is 101. The molecule has 40 nitrogen and oxygen atoms in total. The van der Waals surface area contributed by atoms with Crippen LogP contribution < -0.4 is 63.8 Å². The van der Waals surface area contributed by atoms with E-state index in [2.05, 4.69) is 124 Å². The average molecular weight is 1940 g/mol. The molecule has 40 heteroatoms. The van der Waals surface area contributed by atoms with Gasteiger partial charge in [0, 0.05) is 22.7 Å². The maximum Gasteiger partial charge on any atom is 0.339 e. The van der Waals surface area contributed by atoms with Crippen molar-refractivity contribution in [3.8, 4) is 0 Å². The summed E-state index contributed by atoms with van der Waals surface area (Å²) in [5.74, 6) is -1.76. The Morgan fingerprint density at radius 3 is 0.569 bits per heavy atom. The van der Waals surface area contributed by atoms with Crippen molar-refractivity contribution in [2.75, 3.05) is 121 Å². The molecule has 0 unspecified atom stereocenters. The number of carbonyl (C=O) groups excluding carboxylic acids is 8. The fourth-order valence-electron chi connectivity index (χ4n) is 13.6. The molecule has 4 heterocycles. The molecule has 0 radical (unpaired) electrons. The second kappa shape index (κ2) is 49.7. The molecule has 0 saturated carbocycles. The summed E-state index contributed by atoms with van der Waals surface area (Å²) in [5.41, 5.74) is 13.6. The van der Waals surface area contributed by atoms with Gasteiger partial charge in [-0.2, -0.15) is 59.8 Å². The van der Waals surface area contributed by atoms with Crippen molar-refractivity contribution in [3.63, 3.8) is 0 Å². The molecular weight excluding hydrogens is 1840 g/mol. The summed E-state index contributed by atoms with van der Waals surface area (Å²) < 4.78 is 39.0. The molecule has 144 heavy (non-hydrogen) atoms. The maximum atomic E-state index is 12.3. The molecule has 0 saturated heterocycles. The van der Waals surface area contributed by atoms with E-state index >= 15 is 0 Å². The Labute approximate surface area is 825 Å². The summed E-state index contributed by atoms with van der Waals surface area (Å²) in [4.78, 5) is 151. The SMILES string of the molecule is COC(=O)c1ccccc1Nc1nc(Nc2ccc(C)cc2C)nc(Nc2ccccc2C(=O)OC)n1.COC(=O)c1ccccc1Nc1nc(Nc2cccc(C)c2)nc(Nc2ccccc2C(=O)OC)n1.COC(=O)c1ccccc1Nc1nc(Nc2ccccc2)nc(Nc2ccccc2C(=O)OC)n1.COC(=O)c1ccccc1Nc1nc(Nc2ccccc2C)nc(Nc2ccccc2C(=O)OC)n1. The van der Waals surface area contributed by atoms with Gasteiger partial charge in [0.2, 0.25) is 71.4 Å². The number of nitrogens with one attached hydrogen (secondary N) is 12. The molecule has 12 aromatic carbocycles. The van der Waals surface area contributed by atoms with Gasteiger partial charge >= 0.3 is 47.8 Å². The molecule has 12 N–H and O–H groups in total. The van der Waals surface area contributed by atoms with E-state index in [0.29, 0.717) is 90.0 Å². The average Bonchev–Trinajstić information content (AvgIpc) is 0.816. The highest BCUT2D eigenvalue weighted by atomic mass is 16.5. The number of benzene rings is 12. The molecule has 728 valence electrons. The zero-order chi connectivity index (χ0) is 102. The number of hydrogen-bond acceptors (Lipinski definition) is 40. The van der Waals surface area contributed by atoms with Crippen LogP contribution in [0.2, 0.25) is 0 Å². The zero-order valence-corrected chi connectivity index (χ0v) is 79.6. The lowest BCUT2D eigenvalue weighted by Gasteiger charge is -2.15. The molecule has 0 aliphatic carbocycles. The third-order valence-electron chi connectivity index (χ3n) is 20.5. The smallest absolute Gasteiger partial charge is 0.339 e. The Bertz CT molecular complexity index is 7010. The summed E-state index contributed by atoms with van der Waals surface area (Å²) in [5, 5.41) is 37.2. The van der Waals surface area contributed by atoms with E-state index in [1.54, 1.807) is 194 Å². The third-order valence-corrected chi connectivity index (χ3v) is 20.5. The van der Waals surface area contributed by atoms with E-state index < -0.39 is 47.8 Å². The van der Waals surface area contributed by atoms with Gasteiger partial charge in [-0.05, 0) is 178 Å². The standard InChI is InChI=1S/C27H26N6O4.2C26H24N6O4.C25H22N6O4/c1-16-13-14-20(17(2)15-16)28-25-31-26(29-21-11-7-5-9-18(21)23(34)36-3)33-27(32-25)30-22-12-8-6-10-19(22)24(35)37-4;1-16-10-4-7-13-19(16)27-24-30-25(28-20-14-8-5-11-17(20)22(33)35-2)32-26(31-24)29-21-15-9-6-12-18(21)23(34)36-3;1-16-9-8-10-17(15-16)27-24-30-25(28-20-13-6-4-11-18(20)22(33)35-2)32-26(31-24)29-21-14-7-5-12-19(21)23(34)36-3;1-34-21(32)17-12-6-8-14-19(17)27-24-29-23(26-16-10-4-3-5-11-16)30-25(31-24)28-20-15-9-7-13-18(20)22(33)35-2/h5-15H,1-4H3,(H3,28,29,30,31,32,33);2*4-15H,1-3H3,(H3,27,28,29,30,31,32);3-15H,1-2H3,(H3,26,27,28,29,30,31). The van der Waals surface area contributed by atoms with Gasteiger partial charge in [-0.3, -0.25) is 0 Å². The third kappa shape index (κ3) is 27.7. The highest BCUT2D eigenvalue weighted by Gasteiger charge is 2.25. The van der Waals surface area contributed by atoms with Crippen molar-refractivity contribution in [2.45, 2.75) is 27.7 Å². The second-order valence-electron chi connectivity index (χ2n) is 30.4. The fourth-order valence-corrected chi connectivity index (χ4v) is 13.6. The van der Waals surface area contributed by atoms with Crippen molar-refractivity contribution in [2.24, 2.45) is 0 Å². The zero-order valence-electron chi connectivity index (χ0n) is 79.6. The van der Waals surface area contributed by atoms with E-state index in [0.717, 1.165) is 45.0 Å². The topological polar surface area (TPSA) is 509 Å². The Hall–Kier alpha value is -20.0. The van der Waals surface area contributed by atoms with Crippen LogP contribution in [0.1, 0.15) is 105 Å². The molecule has 0 atom stereocenters. The molecule has 0 spiro atoms. The van der Waals surface area contributed by atoms with Crippen molar-refractivity contribution in [1.82, 2.24) is 59.8 Å². The Morgan fingerprint density at radius 2 is 0.347 bits per heavy atom. The van der Waals surface area contributed by atoms with Crippen LogP contribution in [-0.4, -0.2) is 164 Å². The number of para-hydroxylation sites is 10. The Balaban J connectivity index is 0.000000161. The summed E-state index contributed by atoms with van der Waals surface area (Å²) in [7, 11) is 10.5. The minimum Gasteiger partial charge on any atom is -0.465 e. The minimum absolute atomic E-state index is 0.160. The van der Waals surface area contributed by atoms with Crippen molar-refractivity contribution in [3.05, 3.63) is 358 Å². The van der Waals surface area contributed by atoms with Gasteiger partial charge in [0.05, 0.1) is 147 Å². The number of methoxy groups -OCH3 is 8. The molecule has 0 amide bonds. The van der Waals surface area contributed by atoms with E-state index in [1.807, 2.05) is 125 Å². The molecule has 16 rings (SSSR count). The summed E-state index contributed by atoms with van der Waals surface area (Å²) in [6.07, 6.45) is 0. The lowest BCUT2D eigenvalue weighted by molar-refractivity contribution is 0.0593. The van der Waals surface area contributed by atoms with Gasteiger partial charge in [0.15, 0.2) is 0 Å². The van der Waals surface area contributed by atoms with Gasteiger partial charge < -0.3 is 102 Å². The van der Waals surface area contributed by atoms with Crippen LogP contribution in [-0.2, 0) is 37.9 Å². The van der Waals surface area contributed by atoms with Crippen LogP contribution >= 0.6 is 0 Å². The lowest BCUT2D eigenvalue weighted by Crippen LogP contribution is -2.11. The Kier molecular flexibility index (Phi) is 35.0. The first-order valence-electron chi connectivity index (χ1n) is 43.8. The van der Waals surface area contributed by atoms with Crippen molar-refractivity contribution >= 4 is 187 Å². The van der Waals surface area contributed by atoms with Crippen molar-refractivity contribution in [1.29, 1.82) is 0 Å². The van der Waals surface area contributed by atoms with Gasteiger partial charge in [-0.1, -0.05) is 163 Å². The normalized spacial score (nSPS) is 10.3. The monoisotopic (exact) mass is 1940 g/mol. The molecule has 0 aliphatic rings. The highest BCUT2D eigenvalue weighted by molar-refractivity contribution is 6.02. The van der Waals surface area contributed by atoms with E-state index in [4.69, 9.17) is 37.9 Å². The van der Waals surface area contributed by atoms with Crippen LogP contribution in [0, 0.1) is 27.7 Å². The first-order chi connectivity index (χ1) is 69.9. The second-order valence-corrected chi connectivity index (χ2v) is 30.4. The van der Waals surface area contributed by atoms with Crippen molar-refractivity contribution < 1.29 is 76.3 Å². The summed E-state index contributed by atoms with van der Waals surface area (Å²) in [6.45, 7) is 7.93. The molecule has 0 aliphatic heterocycles. The quantitative estimate of drug-likeness (QED) is 0.0138.